The molecule has 176 valence electrons. The molecule has 7 heteroatoms. The highest BCUT2D eigenvalue weighted by molar-refractivity contribution is 7.09. The van der Waals surface area contributed by atoms with Gasteiger partial charge >= 0.3 is 0 Å². The maximum atomic E-state index is 13.7. The Bertz CT molecular complexity index is 1210. The summed E-state index contributed by atoms with van der Waals surface area (Å²) in [6, 6.07) is 15.1. The zero-order valence-corrected chi connectivity index (χ0v) is 20.2. The molecule has 1 aromatic heterocycles. The van der Waals surface area contributed by atoms with Crippen molar-refractivity contribution in [3.63, 3.8) is 0 Å². The minimum Gasteiger partial charge on any atom is -0.490 e. The molecule has 2 atom stereocenters. The van der Waals surface area contributed by atoms with Crippen molar-refractivity contribution in [3.8, 4) is 11.5 Å². The molecule has 5 rings (SSSR count). The van der Waals surface area contributed by atoms with E-state index in [4.69, 9.17) is 9.47 Å². The second-order valence-electron chi connectivity index (χ2n) is 8.42. The number of nitrogens with one attached hydrogen (secondary N) is 1. The fraction of sp³-hybridized carbons (Fsp3) is 0.333. The number of carbonyl (C=O) groups is 2. The number of benzene rings is 2. The highest BCUT2D eigenvalue weighted by Gasteiger charge is 2.46. The van der Waals surface area contributed by atoms with Gasteiger partial charge in [0.2, 0.25) is 5.91 Å². The lowest BCUT2D eigenvalue weighted by atomic mass is 9.75. The number of fused-ring (bicyclic) bond motifs is 4. The van der Waals surface area contributed by atoms with E-state index in [-0.39, 0.29) is 11.8 Å². The fourth-order valence-corrected chi connectivity index (χ4v) is 5.70. The fourth-order valence-electron chi connectivity index (χ4n) is 5.05. The molecule has 0 unspecified atom stereocenters. The zero-order chi connectivity index (χ0) is 23.7. The summed E-state index contributed by atoms with van der Waals surface area (Å²) >= 11 is 1.61. The largest absolute Gasteiger partial charge is 0.490 e. The highest BCUT2D eigenvalue weighted by Crippen LogP contribution is 2.48. The highest BCUT2D eigenvalue weighted by atomic mass is 32.1. The van der Waals surface area contributed by atoms with E-state index in [1.165, 1.54) is 0 Å². The first kappa shape index (κ1) is 22.5. The second-order valence-corrected chi connectivity index (χ2v) is 9.45. The van der Waals surface area contributed by atoms with Crippen LogP contribution >= 0.6 is 11.3 Å². The van der Waals surface area contributed by atoms with Gasteiger partial charge in [-0.3, -0.25) is 9.59 Å². The van der Waals surface area contributed by atoms with Gasteiger partial charge in [-0.1, -0.05) is 24.3 Å². The third-order valence-corrected chi connectivity index (χ3v) is 7.36. The molecule has 0 bridgehead atoms. The molecule has 0 radical (unpaired) electrons. The van der Waals surface area contributed by atoms with Crippen molar-refractivity contribution in [2.24, 2.45) is 0 Å². The third-order valence-electron chi connectivity index (χ3n) is 6.48. The van der Waals surface area contributed by atoms with Crippen molar-refractivity contribution in [2.75, 3.05) is 19.8 Å². The molecular weight excluding hydrogens is 448 g/mol. The molecule has 3 aromatic rings. The van der Waals surface area contributed by atoms with E-state index < -0.39 is 12.0 Å². The summed E-state index contributed by atoms with van der Waals surface area (Å²) < 4.78 is 11.7. The van der Waals surface area contributed by atoms with Gasteiger partial charge < -0.3 is 19.7 Å². The standard InChI is InChI=1S/C27H28N2O4S/c1-3-32-22-14-17-11-12-29-25(21(17)15-23(22)33-4-2)24(19-9-5-6-10-20(19)27(29)31)26(30)28-16-18-8-7-13-34-18/h5-10,13-15,24-25H,3-4,11-12,16H2,1-2H3,(H,28,30)/t24-,25+/m0/s1. The number of hydrogen-bond donors (Lipinski definition) is 1. The molecule has 0 aliphatic carbocycles. The number of amides is 2. The number of carbonyl (C=O) groups excluding carboxylic acids is 2. The van der Waals surface area contributed by atoms with Crippen LogP contribution in [0.25, 0.3) is 0 Å². The Morgan fingerprint density at radius 1 is 1.06 bits per heavy atom. The Labute approximate surface area is 203 Å². The lowest BCUT2D eigenvalue weighted by Gasteiger charge is -2.45. The van der Waals surface area contributed by atoms with E-state index in [9.17, 15) is 9.59 Å². The number of ether oxygens (including phenoxy) is 2. The molecule has 34 heavy (non-hydrogen) atoms. The van der Waals surface area contributed by atoms with Crippen LogP contribution in [0.15, 0.2) is 53.9 Å². The third kappa shape index (κ3) is 3.94. The van der Waals surface area contributed by atoms with E-state index >= 15 is 0 Å². The molecule has 0 fully saturated rings. The van der Waals surface area contributed by atoms with Gasteiger partial charge in [0.25, 0.3) is 5.91 Å². The normalized spacial score (nSPS) is 18.5. The average Bonchev–Trinajstić information content (AvgIpc) is 3.37. The quantitative estimate of drug-likeness (QED) is 0.537. The predicted molar refractivity (Wildman–Crippen MR) is 132 cm³/mol. The molecular formula is C27H28N2O4S. The summed E-state index contributed by atoms with van der Waals surface area (Å²) in [4.78, 5) is 30.1. The molecule has 2 aromatic carbocycles. The van der Waals surface area contributed by atoms with Crippen molar-refractivity contribution >= 4 is 23.2 Å². The molecule has 0 saturated heterocycles. The smallest absolute Gasteiger partial charge is 0.254 e. The van der Waals surface area contributed by atoms with Gasteiger partial charge in [-0.05, 0) is 66.6 Å². The van der Waals surface area contributed by atoms with Crippen molar-refractivity contribution in [1.29, 1.82) is 0 Å². The maximum absolute atomic E-state index is 13.7. The maximum Gasteiger partial charge on any atom is 0.254 e. The van der Waals surface area contributed by atoms with Crippen LogP contribution in [0.3, 0.4) is 0 Å². The molecule has 6 nitrogen and oxygen atoms in total. The van der Waals surface area contributed by atoms with Crippen LogP contribution in [0.4, 0.5) is 0 Å². The molecule has 3 heterocycles. The van der Waals surface area contributed by atoms with Crippen LogP contribution in [0, 0.1) is 0 Å². The van der Waals surface area contributed by atoms with Crippen molar-refractivity contribution in [2.45, 2.75) is 38.8 Å². The van der Waals surface area contributed by atoms with Gasteiger partial charge in [-0.2, -0.15) is 0 Å². The number of rotatable bonds is 7. The number of nitrogens with zero attached hydrogens (tertiary/aromatic N) is 1. The van der Waals surface area contributed by atoms with E-state index in [2.05, 4.69) is 5.32 Å². The lowest BCUT2D eigenvalue weighted by molar-refractivity contribution is -0.124. The SMILES string of the molecule is CCOc1cc2c(cc1OCC)[C@@H]1[C@@H](C(=O)NCc3cccs3)c3ccccc3C(=O)N1CC2. The average molecular weight is 477 g/mol. The Kier molecular flexibility index (Phi) is 6.28. The Hall–Kier alpha value is -3.32. The second kappa shape index (κ2) is 9.50. The molecule has 0 saturated carbocycles. The first-order chi connectivity index (χ1) is 16.6. The summed E-state index contributed by atoms with van der Waals surface area (Å²) in [6.45, 7) is 5.94. The zero-order valence-electron chi connectivity index (χ0n) is 19.4. The minimum atomic E-state index is -0.514. The van der Waals surface area contributed by atoms with Crippen LogP contribution in [0.1, 0.15) is 57.7 Å². The van der Waals surface area contributed by atoms with Crippen LogP contribution < -0.4 is 14.8 Å². The van der Waals surface area contributed by atoms with Crippen LogP contribution in [0.5, 0.6) is 11.5 Å². The van der Waals surface area contributed by atoms with Gasteiger partial charge in [0.1, 0.15) is 0 Å². The summed E-state index contributed by atoms with van der Waals surface area (Å²) in [5.41, 5.74) is 3.43. The van der Waals surface area contributed by atoms with Gasteiger partial charge in [-0.25, -0.2) is 0 Å². The summed E-state index contributed by atoms with van der Waals surface area (Å²) in [7, 11) is 0. The molecule has 0 spiro atoms. The van der Waals surface area contributed by atoms with Crippen molar-refractivity contribution < 1.29 is 19.1 Å². The minimum absolute atomic E-state index is 0.0274. The molecule has 2 amide bonds. The predicted octanol–water partition coefficient (Wildman–Crippen LogP) is 4.70. The first-order valence-electron chi connectivity index (χ1n) is 11.7. The Morgan fingerprint density at radius 2 is 1.82 bits per heavy atom. The summed E-state index contributed by atoms with van der Waals surface area (Å²) in [5.74, 6) is 0.732. The Balaban J connectivity index is 1.60. The van der Waals surface area contributed by atoms with E-state index in [0.717, 1.165) is 21.6 Å². The van der Waals surface area contributed by atoms with Crippen molar-refractivity contribution in [1.82, 2.24) is 10.2 Å². The number of hydrogen-bond acceptors (Lipinski definition) is 5. The van der Waals surface area contributed by atoms with Gasteiger partial charge in [0, 0.05) is 17.0 Å². The van der Waals surface area contributed by atoms with Gasteiger partial charge in [0.05, 0.1) is 31.7 Å². The monoisotopic (exact) mass is 476 g/mol. The van der Waals surface area contributed by atoms with Crippen LogP contribution in [0.2, 0.25) is 0 Å². The molecule has 1 N–H and O–H groups in total. The van der Waals surface area contributed by atoms with E-state index in [1.807, 2.05) is 72.7 Å². The molecule has 2 aliphatic heterocycles. The Morgan fingerprint density at radius 3 is 2.56 bits per heavy atom. The van der Waals surface area contributed by atoms with Gasteiger partial charge in [0.15, 0.2) is 11.5 Å². The summed E-state index contributed by atoms with van der Waals surface area (Å²) in [6.07, 6.45) is 0.704. The van der Waals surface area contributed by atoms with E-state index in [0.29, 0.717) is 49.8 Å². The topological polar surface area (TPSA) is 67.9 Å². The molecule has 2 aliphatic rings. The first-order valence-corrected chi connectivity index (χ1v) is 12.6. The lowest BCUT2D eigenvalue weighted by Crippen LogP contribution is -2.50. The van der Waals surface area contributed by atoms with E-state index in [1.54, 1.807) is 11.3 Å². The van der Waals surface area contributed by atoms with Crippen LogP contribution in [-0.2, 0) is 17.8 Å². The number of thiophene rings is 1. The summed E-state index contributed by atoms with van der Waals surface area (Å²) in [5, 5.41) is 5.12. The van der Waals surface area contributed by atoms with Gasteiger partial charge in [-0.15, -0.1) is 11.3 Å². The van der Waals surface area contributed by atoms with Crippen LogP contribution in [-0.4, -0.2) is 36.5 Å². The van der Waals surface area contributed by atoms with Crippen molar-refractivity contribution in [3.05, 3.63) is 81.0 Å².